The summed E-state index contributed by atoms with van der Waals surface area (Å²) in [5.41, 5.74) is 1.23. The molecule has 1 aromatic carbocycles. The number of aromatic nitrogens is 1. The van der Waals surface area contributed by atoms with Crippen LogP contribution in [0, 0.1) is 5.41 Å². The molecule has 2 aromatic rings. The van der Waals surface area contributed by atoms with Gasteiger partial charge in [-0.15, -0.1) is 0 Å². The highest BCUT2D eigenvalue weighted by molar-refractivity contribution is 8.16. The Kier molecular flexibility index (Phi) is 5.04. The number of benzene rings is 1. The molecule has 0 bridgehead atoms. The third-order valence-corrected chi connectivity index (χ3v) is 6.36. The third-order valence-electron chi connectivity index (χ3n) is 4.31. The lowest BCUT2D eigenvalue weighted by atomic mass is 10.1. The van der Waals surface area contributed by atoms with Crippen LogP contribution in [-0.2, 0) is 14.6 Å². The van der Waals surface area contributed by atoms with Gasteiger partial charge >= 0.3 is 0 Å². The Morgan fingerprint density at radius 3 is 2.73 bits per heavy atom. The van der Waals surface area contributed by atoms with E-state index in [4.69, 9.17) is 21.7 Å². The average Bonchev–Trinajstić information content (AvgIpc) is 3.31. The number of nitrogens with one attached hydrogen (secondary N) is 1. The van der Waals surface area contributed by atoms with Gasteiger partial charge in [-0.1, -0.05) is 11.6 Å². The first-order valence-corrected chi connectivity index (χ1v) is 11.4. The van der Waals surface area contributed by atoms with Crippen LogP contribution in [0.25, 0.3) is 11.8 Å². The van der Waals surface area contributed by atoms with E-state index >= 15 is 0 Å². The number of aliphatic imine (C=N–C) groups is 1. The van der Waals surface area contributed by atoms with Gasteiger partial charge in [0.15, 0.2) is 0 Å². The van der Waals surface area contributed by atoms with Crippen molar-refractivity contribution in [1.82, 2.24) is 9.47 Å². The highest BCUT2D eigenvalue weighted by Gasteiger charge is 2.41. The molecule has 0 aliphatic carbocycles. The molecule has 4 rings (SSSR count). The molecule has 30 heavy (non-hydrogen) atoms. The van der Waals surface area contributed by atoms with Gasteiger partial charge in [-0.25, -0.2) is 13.3 Å². The van der Waals surface area contributed by atoms with Gasteiger partial charge in [0.25, 0.3) is 5.91 Å². The van der Waals surface area contributed by atoms with E-state index in [1.807, 2.05) is 0 Å². The number of rotatable bonds is 3. The van der Waals surface area contributed by atoms with Crippen LogP contribution in [0.3, 0.4) is 0 Å². The maximum atomic E-state index is 12.5. The number of carbonyl (C=O) groups excluding carboxylic acids is 1. The Morgan fingerprint density at radius 2 is 2.07 bits per heavy atom. The molecule has 0 fully saturated rings. The van der Waals surface area contributed by atoms with Gasteiger partial charge in [0.2, 0.25) is 20.2 Å². The van der Waals surface area contributed by atoms with Crippen LogP contribution in [0.1, 0.15) is 5.69 Å². The average molecular weight is 464 g/mol. The molecule has 0 saturated heterocycles. The second-order valence-corrected chi connectivity index (χ2v) is 9.35. The molecular weight excluding hydrogens is 450 g/mol. The second-order valence-electron chi connectivity index (χ2n) is 6.30. The van der Waals surface area contributed by atoms with Crippen LogP contribution < -0.4 is 4.74 Å². The summed E-state index contributed by atoms with van der Waals surface area (Å²) in [5, 5.41) is 8.56. The Balaban J connectivity index is 1.76. The van der Waals surface area contributed by atoms with Crippen molar-refractivity contribution < 1.29 is 17.9 Å². The summed E-state index contributed by atoms with van der Waals surface area (Å²) >= 11 is 6.97. The molecule has 12 heteroatoms. The molecule has 9 nitrogen and oxygen atoms in total. The van der Waals surface area contributed by atoms with Crippen molar-refractivity contribution in [2.24, 2.45) is 9.39 Å². The Labute approximate surface area is 181 Å². The van der Waals surface area contributed by atoms with E-state index in [1.165, 1.54) is 13.2 Å². The fourth-order valence-electron chi connectivity index (χ4n) is 2.94. The highest BCUT2D eigenvalue weighted by atomic mass is 35.5. The van der Waals surface area contributed by atoms with Crippen LogP contribution >= 0.6 is 23.5 Å². The molecule has 0 saturated carbocycles. The van der Waals surface area contributed by atoms with Crippen molar-refractivity contribution in [2.75, 3.05) is 13.4 Å². The summed E-state index contributed by atoms with van der Waals surface area (Å²) in [5.74, 6) is -0.429. The first-order chi connectivity index (χ1) is 14.2. The van der Waals surface area contributed by atoms with E-state index in [0.29, 0.717) is 22.2 Å². The minimum absolute atomic E-state index is 0.0416. The molecule has 154 valence electrons. The molecule has 3 heterocycles. The summed E-state index contributed by atoms with van der Waals surface area (Å²) in [6.45, 7) is 0. The molecule has 0 spiro atoms. The molecule has 0 unspecified atom stereocenters. The van der Waals surface area contributed by atoms with Gasteiger partial charge in [0.1, 0.15) is 11.6 Å². The quantitative estimate of drug-likeness (QED) is 0.552. The summed E-state index contributed by atoms with van der Waals surface area (Å²) in [6.07, 6.45) is 4.23. The molecule has 1 N–H and O–H groups in total. The van der Waals surface area contributed by atoms with E-state index in [2.05, 4.69) is 9.39 Å². The van der Waals surface area contributed by atoms with Gasteiger partial charge in [-0.2, -0.15) is 9.39 Å². The molecular formula is C18H14ClN5O4S2. The minimum Gasteiger partial charge on any atom is -0.495 e. The maximum Gasteiger partial charge on any atom is 0.283 e. The molecule has 2 aliphatic rings. The number of halogens is 1. The van der Waals surface area contributed by atoms with Crippen molar-refractivity contribution in [3.63, 3.8) is 0 Å². The lowest BCUT2D eigenvalue weighted by Gasteiger charge is -2.24. The van der Waals surface area contributed by atoms with E-state index < -0.39 is 15.7 Å². The van der Waals surface area contributed by atoms with Crippen molar-refractivity contribution in [3.8, 4) is 11.4 Å². The third kappa shape index (κ3) is 3.44. The largest absolute Gasteiger partial charge is 0.495 e. The fraction of sp³-hybridized carbons (Fsp3) is 0.111. The number of hydrogen-bond donors (Lipinski definition) is 1. The zero-order chi connectivity index (χ0) is 21.6. The number of methoxy groups -OCH3 is 1. The normalized spacial score (nSPS) is 17.8. The molecule has 1 amide bonds. The monoisotopic (exact) mass is 463 g/mol. The standard InChI is InChI=1S/C18H14ClN5O4S2/c1-28-14-6-5-11(9-13(14)19)23-7-3-4-10(23)8-12-15(20)24-17(21-16(12)25)29-22-18(24)30(2,26)27/h3-9,20H,1-2H3/b12-8-,20-15?. The summed E-state index contributed by atoms with van der Waals surface area (Å²) < 4.78 is 34.8. The van der Waals surface area contributed by atoms with Crippen LogP contribution in [0.15, 0.2) is 51.5 Å². The Morgan fingerprint density at radius 1 is 1.30 bits per heavy atom. The molecule has 1 aromatic heterocycles. The van der Waals surface area contributed by atoms with Gasteiger partial charge < -0.3 is 9.30 Å². The topological polar surface area (TPSA) is 117 Å². The van der Waals surface area contributed by atoms with Gasteiger partial charge in [0.05, 0.1) is 29.7 Å². The first kappa shape index (κ1) is 20.4. The van der Waals surface area contributed by atoms with E-state index in [1.54, 1.807) is 41.1 Å². The zero-order valence-corrected chi connectivity index (χ0v) is 18.0. The summed E-state index contributed by atoms with van der Waals surface area (Å²) in [4.78, 5) is 17.5. The number of nitrogens with zero attached hydrogens (tertiary/aromatic N) is 4. The van der Waals surface area contributed by atoms with Crippen LogP contribution in [0.5, 0.6) is 5.75 Å². The van der Waals surface area contributed by atoms with Crippen LogP contribution in [0.2, 0.25) is 5.02 Å². The number of carbonyl (C=O) groups is 1. The Hall–Kier alpha value is -2.89. The van der Waals surface area contributed by atoms with E-state index in [-0.39, 0.29) is 21.7 Å². The van der Waals surface area contributed by atoms with Crippen molar-refractivity contribution >= 4 is 61.5 Å². The highest BCUT2D eigenvalue weighted by Crippen LogP contribution is 2.31. The Bertz CT molecular complexity index is 1290. The molecule has 0 atom stereocenters. The predicted molar refractivity (Wildman–Crippen MR) is 117 cm³/mol. The predicted octanol–water partition coefficient (Wildman–Crippen LogP) is 2.76. The summed E-state index contributed by atoms with van der Waals surface area (Å²) in [7, 11) is -2.19. The van der Waals surface area contributed by atoms with E-state index in [9.17, 15) is 13.2 Å². The SMILES string of the molecule is COc1ccc(-n2cccc2/C=C2/C(=N)N3C(=NC2=O)SN=C3S(C)(=O)=O)cc1Cl. The number of amidine groups is 3. The van der Waals surface area contributed by atoms with Crippen LogP contribution in [-0.4, -0.2) is 53.3 Å². The number of amides is 1. The summed E-state index contributed by atoms with van der Waals surface area (Å²) in [6, 6.07) is 8.73. The zero-order valence-electron chi connectivity index (χ0n) is 15.7. The van der Waals surface area contributed by atoms with Crippen molar-refractivity contribution in [2.45, 2.75) is 0 Å². The number of sulfone groups is 1. The first-order valence-electron chi connectivity index (χ1n) is 8.41. The van der Waals surface area contributed by atoms with Gasteiger partial charge in [-0.3, -0.25) is 10.2 Å². The minimum atomic E-state index is -3.71. The smallest absolute Gasteiger partial charge is 0.283 e. The molecule has 2 aliphatic heterocycles. The fourth-order valence-corrected chi connectivity index (χ4v) is 5.03. The van der Waals surface area contributed by atoms with E-state index in [0.717, 1.165) is 23.1 Å². The number of hydrogen-bond acceptors (Lipinski definition) is 7. The van der Waals surface area contributed by atoms with Crippen molar-refractivity contribution in [1.29, 1.82) is 5.41 Å². The van der Waals surface area contributed by atoms with Crippen LogP contribution in [0.4, 0.5) is 0 Å². The van der Waals surface area contributed by atoms with Gasteiger partial charge in [-0.05, 0) is 36.4 Å². The lowest BCUT2D eigenvalue weighted by Crippen LogP contribution is -2.45. The second kappa shape index (κ2) is 7.42. The maximum absolute atomic E-state index is 12.5. The number of fused-ring (bicyclic) bond motifs is 1. The van der Waals surface area contributed by atoms with Gasteiger partial charge in [0, 0.05) is 23.8 Å². The van der Waals surface area contributed by atoms with Crippen molar-refractivity contribution in [3.05, 3.63) is 52.8 Å². The molecule has 0 radical (unpaired) electrons. The lowest BCUT2D eigenvalue weighted by molar-refractivity contribution is -0.114. The number of ether oxygens (including phenoxy) is 1.